The molecule has 17 heavy (non-hydrogen) atoms. The zero-order valence-corrected chi connectivity index (χ0v) is 11.4. The molecule has 1 saturated heterocycles. The maximum atomic E-state index is 11.7. The first-order valence-electron chi connectivity index (χ1n) is 5.62. The maximum absolute atomic E-state index is 11.7. The van der Waals surface area contributed by atoms with Gasteiger partial charge in [0, 0.05) is 28.9 Å². The molecule has 0 radical (unpaired) electrons. The Hall–Kier alpha value is -0.720. The number of nitrogens with zero attached hydrogens (tertiary/aromatic N) is 1. The van der Waals surface area contributed by atoms with E-state index >= 15 is 0 Å². The van der Waals surface area contributed by atoms with E-state index in [4.69, 9.17) is 0 Å². The highest BCUT2D eigenvalue weighted by molar-refractivity contribution is 7.84. The van der Waals surface area contributed by atoms with Gasteiger partial charge in [-0.1, -0.05) is 6.92 Å². The van der Waals surface area contributed by atoms with Gasteiger partial charge < -0.3 is 4.90 Å². The van der Waals surface area contributed by atoms with E-state index < -0.39 is 10.8 Å². The Kier molecular flexibility index (Phi) is 4.31. The van der Waals surface area contributed by atoms with Crippen molar-refractivity contribution in [2.45, 2.75) is 13.1 Å². The van der Waals surface area contributed by atoms with Crippen molar-refractivity contribution >= 4 is 28.0 Å². The van der Waals surface area contributed by atoms with Crippen molar-refractivity contribution in [1.29, 1.82) is 0 Å². The van der Waals surface area contributed by atoms with E-state index in [9.17, 15) is 9.00 Å². The van der Waals surface area contributed by atoms with Crippen molar-refractivity contribution in [2.75, 3.05) is 24.6 Å². The topological polar surface area (TPSA) is 49.4 Å². The molecule has 2 atom stereocenters. The Labute approximate surface area is 107 Å². The second kappa shape index (κ2) is 5.75. The van der Waals surface area contributed by atoms with Crippen LogP contribution >= 0.6 is 11.3 Å². The summed E-state index contributed by atoms with van der Waals surface area (Å²) in [6.45, 7) is 2.84. The summed E-state index contributed by atoms with van der Waals surface area (Å²) in [5, 5.41) is 7.23. The van der Waals surface area contributed by atoms with Gasteiger partial charge in [0.1, 0.15) is 6.17 Å². The monoisotopic (exact) mass is 272 g/mol. The van der Waals surface area contributed by atoms with Crippen LogP contribution in [0.3, 0.4) is 0 Å². The van der Waals surface area contributed by atoms with Crippen LogP contribution in [0.4, 0.5) is 0 Å². The van der Waals surface area contributed by atoms with Gasteiger partial charge in [0.05, 0.1) is 6.54 Å². The number of hydrogen-bond donors (Lipinski definition) is 1. The van der Waals surface area contributed by atoms with Crippen molar-refractivity contribution in [1.82, 2.24) is 10.2 Å². The van der Waals surface area contributed by atoms with Gasteiger partial charge in [-0.05, 0) is 22.4 Å². The molecule has 2 unspecified atom stereocenters. The molecule has 2 rings (SSSR count). The zero-order valence-electron chi connectivity index (χ0n) is 9.72. The average molecular weight is 272 g/mol. The van der Waals surface area contributed by atoms with Crippen LogP contribution in [0.15, 0.2) is 16.8 Å². The molecule has 2 heterocycles. The highest BCUT2D eigenvalue weighted by atomic mass is 32.2. The van der Waals surface area contributed by atoms with Crippen LogP contribution < -0.4 is 5.32 Å². The molecule has 0 aromatic carbocycles. The van der Waals surface area contributed by atoms with Crippen LogP contribution in [0.1, 0.15) is 18.7 Å². The minimum Gasteiger partial charge on any atom is -0.321 e. The van der Waals surface area contributed by atoms with Gasteiger partial charge in [0.2, 0.25) is 5.91 Å². The SMILES string of the molecule is CCS(=O)CCN1C(=O)CNC1c1ccsc1. The quantitative estimate of drug-likeness (QED) is 0.868. The van der Waals surface area contributed by atoms with Crippen molar-refractivity contribution < 1.29 is 9.00 Å². The lowest BCUT2D eigenvalue weighted by Crippen LogP contribution is -2.33. The molecule has 1 aliphatic heterocycles. The standard InChI is InChI=1S/C11H16N2O2S2/c1-2-17(15)6-4-13-10(14)7-12-11(13)9-3-5-16-8-9/h3,5,8,11-12H,2,4,6-7H2,1H3. The summed E-state index contributed by atoms with van der Waals surface area (Å²) in [6, 6.07) is 2.02. The van der Waals surface area contributed by atoms with Crippen LogP contribution in [0.25, 0.3) is 0 Å². The summed E-state index contributed by atoms with van der Waals surface area (Å²) in [6.07, 6.45) is -0.0393. The molecule has 0 bridgehead atoms. The minimum atomic E-state index is -0.819. The van der Waals surface area contributed by atoms with Crippen LogP contribution in [0.5, 0.6) is 0 Å². The second-order valence-corrected chi connectivity index (χ2v) is 6.51. The fraction of sp³-hybridized carbons (Fsp3) is 0.545. The van der Waals surface area contributed by atoms with E-state index in [0.29, 0.717) is 24.6 Å². The van der Waals surface area contributed by atoms with Gasteiger partial charge in [0.15, 0.2) is 0 Å². The van der Waals surface area contributed by atoms with E-state index in [1.54, 1.807) is 16.2 Å². The molecule has 1 aromatic rings. The number of hydrogen-bond acceptors (Lipinski definition) is 4. The fourth-order valence-corrected chi connectivity index (χ4v) is 3.23. The molecule has 1 aromatic heterocycles. The van der Waals surface area contributed by atoms with Gasteiger partial charge in [0.25, 0.3) is 0 Å². The number of thiophene rings is 1. The highest BCUT2D eigenvalue weighted by Gasteiger charge is 2.31. The van der Waals surface area contributed by atoms with Crippen molar-refractivity contribution in [3.05, 3.63) is 22.4 Å². The van der Waals surface area contributed by atoms with E-state index in [-0.39, 0.29) is 12.1 Å². The van der Waals surface area contributed by atoms with Gasteiger partial charge in [-0.2, -0.15) is 11.3 Å². The first-order chi connectivity index (χ1) is 8.22. The fourth-order valence-electron chi connectivity index (χ4n) is 1.87. The molecular weight excluding hydrogens is 256 g/mol. The van der Waals surface area contributed by atoms with E-state index in [0.717, 1.165) is 5.56 Å². The smallest absolute Gasteiger partial charge is 0.238 e. The number of carbonyl (C=O) groups excluding carboxylic acids is 1. The van der Waals surface area contributed by atoms with Crippen molar-refractivity contribution in [3.8, 4) is 0 Å². The lowest BCUT2D eigenvalue weighted by atomic mass is 10.2. The lowest BCUT2D eigenvalue weighted by molar-refractivity contribution is -0.127. The normalized spacial score (nSPS) is 22.1. The lowest BCUT2D eigenvalue weighted by Gasteiger charge is -2.23. The summed E-state index contributed by atoms with van der Waals surface area (Å²) in [5.41, 5.74) is 1.11. The van der Waals surface area contributed by atoms with Gasteiger partial charge in [-0.15, -0.1) is 0 Å². The van der Waals surface area contributed by atoms with Crippen molar-refractivity contribution in [2.24, 2.45) is 0 Å². The van der Waals surface area contributed by atoms with E-state index in [1.807, 2.05) is 23.8 Å². The first kappa shape index (κ1) is 12.7. The average Bonchev–Trinajstić information content (AvgIpc) is 2.95. The van der Waals surface area contributed by atoms with Crippen LogP contribution in [-0.2, 0) is 15.6 Å². The van der Waals surface area contributed by atoms with Crippen LogP contribution in [-0.4, -0.2) is 39.6 Å². The first-order valence-corrected chi connectivity index (χ1v) is 8.05. The molecular formula is C11H16N2O2S2. The summed E-state index contributed by atoms with van der Waals surface area (Å²) in [5.74, 6) is 1.30. The molecule has 94 valence electrons. The third-order valence-electron chi connectivity index (χ3n) is 2.82. The Morgan fingerprint density at radius 3 is 3.12 bits per heavy atom. The molecule has 4 nitrogen and oxygen atoms in total. The number of rotatable bonds is 5. The Morgan fingerprint density at radius 1 is 1.65 bits per heavy atom. The summed E-state index contributed by atoms with van der Waals surface area (Å²) in [7, 11) is -0.819. The molecule has 0 saturated carbocycles. The van der Waals surface area contributed by atoms with E-state index in [2.05, 4.69) is 5.32 Å². The van der Waals surface area contributed by atoms with Crippen LogP contribution in [0, 0.1) is 0 Å². The molecule has 0 spiro atoms. The Bertz CT molecular complexity index is 406. The second-order valence-electron chi connectivity index (χ2n) is 3.86. The number of carbonyl (C=O) groups is 1. The minimum absolute atomic E-state index is 0.0393. The summed E-state index contributed by atoms with van der Waals surface area (Å²) < 4.78 is 11.4. The predicted octanol–water partition coefficient (Wildman–Crippen LogP) is 0.947. The maximum Gasteiger partial charge on any atom is 0.238 e. The van der Waals surface area contributed by atoms with E-state index in [1.165, 1.54) is 0 Å². The molecule has 1 aliphatic rings. The largest absolute Gasteiger partial charge is 0.321 e. The van der Waals surface area contributed by atoms with Gasteiger partial charge in [-0.3, -0.25) is 14.3 Å². The van der Waals surface area contributed by atoms with Gasteiger partial charge >= 0.3 is 0 Å². The number of amides is 1. The molecule has 1 amide bonds. The molecule has 1 fully saturated rings. The van der Waals surface area contributed by atoms with Gasteiger partial charge in [-0.25, -0.2) is 0 Å². The Morgan fingerprint density at radius 2 is 2.47 bits per heavy atom. The molecule has 6 heteroatoms. The summed E-state index contributed by atoms with van der Waals surface area (Å²) >= 11 is 1.62. The third-order valence-corrected chi connectivity index (χ3v) is 4.80. The third kappa shape index (κ3) is 2.94. The molecule has 0 aliphatic carbocycles. The molecule has 1 N–H and O–H groups in total. The number of nitrogens with one attached hydrogen (secondary N) is 1. The Balaban J connectivity index is 2.02. The zero-order chi connectivity index (χ0) is 12.3. The predicted molar refractivity (Wildman–Crippen MR) is 70.3 cm³/mol. The summed E-state index contributed by atoms with van der Waals surface area (Å²) in [4.78, 5) is 13.5. The highest BCUT2D eigenvalue weighted by Crippen LogP contribution is 2.23. The van der Waals surface area contributed by atoms with Crippen LogP contribution in [0.2, 0.25) is 0 Å². The van der Waals surface area contributed by atoms with Crippen molar-refractivity contribution in [3.63, 3.8) is 0 Å².